The predicted octanol–water partition coefficient (Wildman–Crippen LogP) is 0.0420. The lowest BCUT2D eigenvalue weighted by Crippen LogP contribution is -2.45. The van der Waals surface area contributed by atoms with Gasteiger partial charge in [0.1, 0.15) is 0 Å². The Labute approximate surface area is 115 Å². The van der Waals surface area contributed by atoms with E-state index in [1.807, 2.05) is 19.0 Å². The van der Waals surface area contributed by atoms with Gasteiger partial charge in [-0.3, -0.25) is 4.79 Å². The molecule has 3 atom stereocenters. The first-order chi connectivity index (χ1) is 9.06. The van der Waals surface area contributed by atoms with Gasteiger partial charge in [0.15, 0.2) is 0 Å². The third kappa shape index (κ3) is 4.16. The highest BCUT2D eigenvalue weighted by Crippen LogP contribution is 2.21. The molecule has 0 aromatic carbocycles. The molecule has 2 heterocycles. The normalized spacial score (nSPS) is 32.0. The summed E-state index contributed by atoms with van der Waals surface area (Å²) >= 11 is 0. The molecule has 2 N–H and O–H groups in total. The third-order valence-corrected chi connectivity index (χ3v) is 4.12. The fraction of sp³-hybridized carbons (Fsp3) is 0.929. The SMILES string of the molecule is CN(C)CC1CC(O)CN1C(=O)CC1CCCCN1. The van der Waals surface area contributed by atoms with E-state index in [1.165, 1.54) is 12.8 Å². The molecule has 5 heteroatoms. The second-order valence-corrected chi connectivity index (χ2v) is 6.20. The van der Waals surface area contributed by atoms with Crippen molar-refractivity contribution in [2.45, 2.75) is 50.3 Å². The molecule has 0 spiro atoms. The topological polar surface area (TPSA) is 55.8 Å². The number of likely N-dealkylation sites (tertiary alicyclic amines) is 1. The highest BCUT2D eigenvalue weighted by molar-refractivity contribution is 5.77. The average molecular weight is 269 g/mol. The fourth-order valence-electron chi connectivity index (χ4n) is 3.22. The van der Waals surface area contributed by atoms with Crippen molar-refractivity contribution < 1.29 is 9.90 Å². The predicted molar refractivity (Wildman–Crippen MR) is 74.9 cm³/mol. The van der Waals surface area contributed by atoms with Crippen molar-refractivity contribution in [3.8, 4) is 0 Å². The lowest BCUT2D eigenvalue weighted by atomic mass is 10.0. The summed E-state index contributed by atoms with van der Waals surface area (Å²) in [6.07, 6.45) is 4.47. The minimum Gasteiger partial charge on any atom is -0.391 e. The van der Waals surface area contributed by atoms with Crippen LogP contribution in [0.5, 0.6) is 0 Å². The molecule has 0 saturated carbocycles. The standard InChI is InChI=1S/C14H27N3O2/c1-16(2)9-12-8-13(18)10-17(12)14(19)7-11-5-3-4-6-15-11/h11-13,15,18H,3-10H2,1-2H3. The Morgan fingerprint density at radius 2 is 2.21 bits per heavy atom. The molecule has 2 aliphatic rings. The molecule has 2 aliphatic heterocycles. The van der Waals surface area contributed by atoms with Crippen LogP contribution < -0.4 is 5.32 Å². The van der Waals surface area contributed by atoms with Gasteiger partial charge in [-0.1, -0.05) is 6.42 Å². The van der Waals surface area contributed by atoms with Crippen LogP contribution in [-0.4, -0.2) is 72.7 Å². The van der Waals surface area contributed by atoms with E-state index in [4.69, 9.17) is 0 Å². The molecule has 0 bridgehead atoms. The van der Waals surface area contributed by atoms with Gasteiger partial charge < -0.3 is 20.2 Å². The highest BCUT2D eigenvalue weighted by atomic mass is 16.3. The van der Waals surface area contributed by atoms with Crippen molar-refractivity contribution >= 4 is 5.91 Å². The first-order valence-corrected chi connectivity index (χ1v) is 7.42. The summed E-state index contributed by atoms with van der Waals surface area (Å²) in [5.74, 6) is 0.197. The molecule has 3 unspecified atom stereocenters. The minimum atomic E-state index is -0.354. The summed E-state index contributed by atoms with van der Waals surface area (Å²) in [4.78, 5) is 16.4. The molecule has 2 rings (SSSR count). The molecule has 0 aromatic heterocycles. The molecule has 2 saturated heterocycles. The molecule has 110 valence electrons. The van der Waals surface area contributed by atoms with Gasteiger partial charge in [0.25, 0.3) is 0 Å². The number of carbonyl (C=O) groups excluding carboxylic acids is 1. The molecule has 1 amide bonds. The molecular formula is C14H27N3O2. The van der Waals surface area contributed by atoms with Gasteiger partial charge in [-0.25, -0.2) is 0 Å². The Morgan fingerprint density at radius 1 is 1.42 bits per heavy atom. The summed E-state index contributed by atoms with van der Waals surface area (Å²) < 4.78 is 0. The van der Waals surface area contributed by atoms with Gasteiger partial charge >= 0.3 is 0 Å². The van der Waals surface area contributed by atoms with Gasteiger partial charge in [0.2, 0.25) is 5.91 Å². The summed E-state index contributed by atoms with van der Waals surface area (Å²) in [6.45, 7) is 2.37. The van der Waals surface area contributed by atoms with Crippen LogP contribution in [0.15, 0.2) is 0 Å². The number of likely N-dealkylation sites (N-methyl/N-ethyl adjacent to an activating group) is 1. The number of rotatable bonds is 4. The molecule has 0 radical (unpaired) electrons. The van der Waals surface area contributed by atoms with Crippen molar-refractivity contribution in [2.24, 2.45) is 0 Å². The Kier molecular flexibility index (Phi) is 5.19. The second kappa shape index (κ2) is 6.68. The number of piperidine rings is 1. The zero-order valence-electron chi connectivity index (χ0n) is 12.1. The van der Waals surface area contributed by atoms with Crippen LogP contribution in [0.2, 0.25) is 0 Å². The van der Waals surface area contributed by atoms with E-state index in [2.05, 4.69) is 10.2 Å². The van der Waals surface area contributed by atoms with Gasteiger partial charge in [0, 0.05) is 31.6 Å². The van der Waals surface area contributed by atoms with E-state index < -0.39 is 0 Å². The lowest BCUT2D eigenvalue weighted by molar-refractivity contribution is -0.133. The van der Waals surface area contributed by atoms with Crippen LogP contribution in [0, 0.1) is 0 Å². The van der Waals surface area contributed by atoms with Gasteiger partial charge in [-0.2, -0.15) is 0 Å². The molecule has 19 heavy (non-hydrogen) atoms. The summed E-state index contributed by atoms with van der Waals surface area (Å²) in [5.41, 5.74) is 0. The molecule has 2 fully saturated rings. The average Bonchev–Trinajstić information content (AvgIpc) is 2.70. The Morgan fingerprint density at radius 3 is 2.84 bits per heavy atom. The number of nitrogens with one attached hydrogen (secondary N) is 1. The summed E-state index contributed by atoms with van der Waals surface area (Å²) in [7, 11) is 4.02. The van der Waals surface area contributed by atoms with E-state index in [1.54, 1.807) is 0 Å². The van der Waals surface area contributed by atoms with E-state index in [-0.39, 0.29) is 18.1 Å². The number of aliphatic hydroxyl groups excluding tert-OH is 1. The monoisotopic (exact) mass is 269 g/mol. The maximum Gasteiger partial charge on any atom is 0.224 e. The summed E-state index contributed by atoms with van der Waals surface area (Å²) in [5, 5.41) is 13.2. The van der Waals surface area contributed by atoms with Crippen LogP contribution in [0.4, 0.5) is 0 Å². The van der Waals surface area contributed by atoms with E-state index in [0.717, 1.165) is 19.5 Å². The van der Waals surface area contributed by atoms with Gasteiger partial charge in [0.05, 0.1) is 6.10 Å². The van der Waals surface area contributed by atoms with Crippen molar-refractivity contribution in [3.63, 3.8) is 0 Å². The number of aliphatic hydroxyl groups is 1. The van der Waals surface area contributed by atoms with Crippen molar-refractivity contribution in [3.05, 3.63) is 0 Å². The molecule has 5 nitrogen and oxygen atoms in total. The smallest absolute Gasteiger partial charge is 0.224 e. The minimum absolute atomic E-state index is 0.168. The van der Waals surface area contributed by atoms with Crippen LogP contribution in [0.3, 0.4) is 0 Å². The van der Waals surface area contributed by atoms with E-state index >= 15 is 0 Å². The Balaban J connectivity index is 1.88. The summed E-state index contributed by atoms with van der Waals surface area (Å²) in [6, 6.07) is 0.500. The Bertz CT molecular complexity index is 303. The number of amides is 1. The van der Waals surface area contributed by atoms with Crippen LogP contribution in [0.1, 0.15) is 32.1 Å². The number of nitrogens with zero attached hydrogens (tertiary/aromatic N) is 2. The molecular weight excluding hydrogens is 242 g/mol. The Hall–Kier alpha value is -0.650. The van der Waals surface area contributed by atoms with Crippen LogP contribution >= 0.6 is 0 Å². The number of carbonyl (C=O) groups is 1. The third-order valence-electron chi connectivity index (χ3n) is 4.12. The van der Waals surface area contributed by atoms with Gasteiger partial charge in [-0.05, 0) is 39.9 Å². The van der Waals surface area contributed by atoms with Crippen molar-refractivity contribution in [1.29, 1.82) is 0 Å². The zero-order chi connectivity index (χ0) is 13.8. The lowest BCUT2D eigenvalue weighted by Gasteiger charge is -2.30. The fourth-order valence-corrected chi connectivity index (χ4v) is 3.22. The largest absolute Gasteiger partial charge is 0.391 e. The number of hydrogen-bond acceptors (Lipinski definition) is 4. The quantitative estimate of drug-likeness (QED) is 0.757. The number of β-amino-alcohol motifs (C(OH)–C–C–N with tert-alkyl or cyclic N) is 1. The first-order valence-electron chi connectivity index (χ1n) is 7.42. The maximum atomic E-state index is 12.4. The number of hydrogen-bond donors (Lipinski definition) is 2. The molecule has 0 aliphatic carbocycles. The van der Waals surface area contributed by atoms with Gasteiger partial charge in [-0.15, -0.1) is 0 Å². The van der Waals surface area contributed by atoms with E-state index in [0.29, 0.717) is 25.4 Å². The van der Waals surface area contributed by atoms with Crippen molar-refractivity contribution in [1.82, 2.24) is 15.1 Å². The zero-order valence-corrected chi connectivity index (χ0v) is 12.1. The van der Waals surface area contributed by atoms with Crippen LogP contribution in [-0.2, 0) is 4.79 Å². The van der Waals surface area contributed by atoms with E-state index in [9.17, 15) is 9.90 Å². The first kappa shape index (κ1) is 14.8. The van der Waals surface area contributed by atoms with Crippen LogP contribution in [0.25, 0.3) is 0 Å². The maximum absolute atomic E-state index is 12.4. The highest BCUT2D eigenvalue weighted by Gasteiger charge is 2.35. The second-order valence-electron chi connectivity index (χ2n) is 6.20. The molecule has 0 aromatic rings. The van der Waals surface area contributed by atoms with Crippen molar-refractivity contribution in [2.75, 3.05) is 33.7 Å².